The SMILES string of the molecule is CC1OC(Cn2cccn2)(c2ccc(Cl)cc2)C1C. The number of benzene rings is 1. The third kappa shape index (κ3) is 2.07. The van der Waals surface area contributed by atoms with Gasteiger partial charge in [0, 0.05) is 23.3 Å². The van der Waals surface area contributed by atoms with Crippen LogP contribution in [0.4, 0.5) is 0 Å². The van der Waals surface area contributed by atoms with Crippen LogP contribution in [0, 0.1) is 5.92 Å². The van der Waals surface area contributed by atoms with Crippen molar-refractivity contribution in [3.8, 4) is 0 Å². The molecule has 1 aliphatic heterocycles. The van der Waals surface area contributed by atoms with E-state index >= 15 is 0 Å². The minimum absolute atomic E-state index is 0.270. The largest absolute Gasteiger partial charge is 0.365 e. The van der Waals surface area contributed by atoms with E-state index in [1.807, 2.05) is 41.2 Å². The molecule has 2 aromatic rings. The van der Waals surface area contributed by atoms with Crippen LogP contribution in [-0.2, 0) is 16.9 Å². The van der Waals surface area contributed by atoms with Crippen LogP contribution in [0.2, 0.25) is 5.02 Å². The molecule has 3 nitrogen and oxygen atoms in total. The summed E-state index contributed by atoms with van der Waals surface area (Å²) in [5.41, 5.74) is 0.869. The molecule has 0 amide bonds. The Morgan fingerprint density at radius 1 is 1.32 bits per heavy atom. The standard InChI is InChI=1S/C15H17ClN2O/c1-11-12(2)19-15(11,10-18-9-3-8-17-18)13-4-6-14(16)7-5-13/h3-9,11-12H,10H2,1-2H3. The van der Waals surface area contributed by atoms with Gasteiger partial charge in [-0.25, -0.2) is 0 Å². The first kappa shape index (κ1) is 12.7. The number of aromatic nitrogens is 2. The predicted octanol–water partition coefficient (Wildman–Crippen LogP) is 3.49. The van der Waals surface area contributed by atoms with Crippen LogP contribution in [0.3, 0.4) is 0 Å². The molecule has 0 bridgehead atoms. The molecule has 2 heterocycles. The average Bonchev–Trinajstić information content (AvgIpc) is 2.91. The van der Waals surface area contributed by atoms with Gasteiger partial charge in [0.05, 0.1) is 12.6 Å². The van der Waals surface area contributed by atoms with Gasteiger partial charge in [0.2, 0.25) is 0 Å². The minimum Gasteiger partial charge on any atom is -0.365 e. The lowest BCUT2D eigenvalue weighted by Gasteiger charge is -2.53. The van der Waals surface area contributed by atoms with E-state index in [0.29, 0.717) is 5.92 Å². The van der Waals surface area contributed by atoms with Gasteiger partial charge >= 0.3 is 0 Å². The zero-order valence-corrected chi connectivity index (χ0v) is 11.8. The van der Waals surface area contributed by atoms with Gasteiger partial charge in [-0.15, -0.1) is 0 Å². The van der Waals surface area contributed by atoms with Gasteiger partial charge in [0.1, 0.15) is 5.60 Å². The van der Waals surface area contributed by atoms with E-state index in [-0.39, 0.29) is 11.7 Å². The monoisotopic (exact) mass is 276 g/mol. The molecule has 1 fully saturated rings. The molecule has 1 saturated heterocycles. The third-order valence-corrected chi connectivity index (χ3v) is 4.38. The maximum absolute atomic E-state index is 6.13. The molecule has 0 aliphatic carbocycles. The van der Waals surface area contributed by atoms with Crippen LogP contribution in [0.1, 0.15) is 19.4 Å². The number of hydrogen-bond donors (Lipinski definition) is 0. The van der Waals surface area contributed by atoms with Crippen molar-refractivity contribution in [3.63, 3.8) is 0 Å². The summed E-state index contributed by atoms with van der Waals surface area (Å²) < 4.78 is 8.06. The fraction of sp³-hybridized carbons (Fsp3) is 0.400. The Balaban J connectivity index is 1.96. The zero-order valence-electron chi connectivity index (χ0n) is 11.1. The highest BCUT2D eigenvalue weighted by Gasteiger charge is 2.52. The topological polar surface area (TPSA) is 27.1 Å². The fourth-order valence-electron chi connectivity index (χ4n) is 2.82. The van der Waals surface area contributed by atoms with E-state index in [0.717, 1.165) is 17.1 Å². The first-order chi connectivity index (χ1) is 9.12. The predicted molar refractivity (Wildman–Crippen MR) is 75.1 cm³/mol. The van der Waals surface area contributed by atoms with Gasteiger partial charge in [-0.1, -0.05) is 30.7 Å². The van der Waals surface area contributed by atoms with Gasteiger partial charge in [0.25, 0.3) is 0 Å². The van der Waals surface area contributed by atoms with E-state index in [9.17, 15) is 0 Å². The second kappa shape index (κ2) is 4.66. The summed E-state index contributed by atoms with van der Waals surface area (Å²) in [5, 5.41) is 5.04. The molecular formula is C15H17ClN2O. The molecule has 3 rings (SSSR count). The maximum atomic E-state index is 6.13. The Hall–Kier alpha value is -1.32. The number of halogens is 1. The molecule has 4 heteroatoms. The van der Waals surface area contributed by atoms with Crippen molar-refractivity contribution in [1.82, 2.24) is 9.78 Å². The smallest absolute Gasteiger partial charge is 0.118 e. The van der Waals surface area contributed by atoms with E-state index in [2.05, 4.69) is 18.9 Å². The minimum atomic E-state index is -0.296. The molecule has 0 radical (unpaired) electrons. The molecule has 3 unspecified atom stereocenters. The zero-order chi connectivity index (χ0) is 13.5. The quantitative estimate of drug-likeness (QED) is 0.858. The summed E-state index contributed by atoms with van der Waals surface area (Å²) in [5.74, 6) is 0.442. The molecule has 100 valence electrons. The first-order valence-electron chi connectivity index (χ1n) is 6.53. The van der Waals surface area contributed by atoms with Crippen molar-refractivity contribution in [1.29, 1.82) is 0 Å². The first-order valence-corrected chi connectivity index (χ1v) is 6.91. The van der Waals surface area contributed by atoms with Crippen LogP contribution in [0.15, 0.2) is 42.7 Å². The van der Waals surface area contributed by atoms with Gasteiger partial charge in [-0.3, -0.25) is 4.68 Å². The Morgan fingerprint density at radius 2 is 2.05 bits per heavy atom. The maximum Gasteiger partial charge on any atom is 0.118 e. The van der Waals surface area contributed by atoms with E-state index in [1.165, 1.54) is 0 Å². The third-order valence-electron chi connectivity index (χ3n) is 4.12. The van der Waals surface area contributed by atoms with Crippen molar-refractivity contribution in [2.75, 3.05) is 0 Å². The van der Waals surface area contributed by atoms with Crippen molar-refractivity contribution < 1.29 is 4.74 Å². The van der Waals surface area contributed by atoms with Gasteiger partial charge < -0.3 is 4.74 Å². The van der Waals surface area contributed by atoms with Crippen LogP contribution in [0.25, 0.3) is 0 Å². The number of rotatable bonds is 3. The molecule has 0 spiro atoms. The van der Waals surface area contributed by atoms with Gasteiger partial charge in [-0.05, 0) is 30.7 Å². The lowest BCUT2D eigenvalue weighted by Crippen LogP contribution is -2.57. The summed E-state index contributed by atoms with van der Waals surface area (Å²) >= 11 is 5.97. The lowest BCUT2D eigenvalue weighted by molar-refractivity contribution is -0.263. The van der Waals surface area contributed by atoms with Crippen molar-refractivity contribution in [3.05, 3.63) is 53.3 Å². The number of nitrogens with zero attached hydrogens (tertiary/aromatic N) is 2. The van der Waals surface area contributed by atoms with Gasteiger partial charge in [0.15, 0.2) is 0 Å². The normalized spacial score (nSPS) is 30.1. The van der Waals surface area contributed by atoms with E-state index in [1.54, 1.807) is 6.20 Å². The Morgan fingerprint density at radius 3 is 2.58 bits per heavy atom. The fourth-order valence-corrected chi connectivity index (χ4v) is 2.94. The van der Waals surface area contributed by atoms with Crippen LogP contribution < -0.4 is 0 Å². The molecule has 0 N–H and O–H groups in total. The van der Waals surface area contributed by atoms with Crippen LogP contribution in [0.5, 0.6) is 0 Å². The van der Waals surface area contributed by atoms with Crippen LogP contribution >= 0.6 is 11.6 Å². The van der Waals surface area contributed by atoms with Gasteiger partial charge in [-0.2, -0.15) is 5.10 Å². The average molecular weight is 277 g/mol. The number of ether oxygens (including phenoxy) is 1. The van der Waals surface area contributed by atoms with Crippen LogP contribution in [-0.4, -0.2) is 15.9 Å². The molecular weight excluding hydrogens is 260 g/mol. The molecule has 0 saturated carbocycles. The highest BCUT2D eigenvalue weighted by Crippen LogP contribution is 2.48. The lowest BCUT2D eigenvalue weighted by atomic mass is 9.74. The summed E-state index contributed by atoms with van der Waals surface area (Å²) in [6.07, 6.45) is 4.03. The van der Waals surface area contributed by atoms with E-state index in [4.69, 9.17) is 16.3 Å². The summed E-state index contributed by atoms with van der Waals surface area (Å²) in [4.78, 5) is 0. The summed E-state index contributed by atoms with van der Waals surface area (Å²) in [6, 6.07) is 9.87. The Labute approximate surface area is 118 Å². The summed E-state index contributed by atoms with van der Waals surface area (Å²) in [6.45, 7) is 5.07. The molecule has 3 atom stereocenters. The highest BCUT2D eigenvalue weighted by atomic mass is 35.5. The highest BCUT2D eigenvalue weighted by molar-refractivity contribution is 6.30. The molecule has 19 heavy (non-hydrogen) atoms. The summed E-state index contributed by atoms with van der Waals surface area (Å²) in [7, 11) is 0. The second-order valence-electron chi connectivity index (χ2n) is 5.21. The van der Waals surface area contributed by atoms with E-state index < -0.39 is 0 Å². The second-order valence-corrected chi connectivity index (χ2v) is 5.65. The van der Waals surface area contributed by atoms with Crippen molar-refractivity contribution >= 4 is 11.6 Å². The Bertz CT molecular complexity index is 552. The van der Waals surface area contributed by atoms with Crippen molar-refractivity contribution in [2.45, 2.75) is 32.1 Å². The molecule has 1 aromatic heterocycles. The Kier molecular flexibility index (Phi) is 3.11. The van der Waals surface area contributed by atoms with Crippen molar-refractivity contribution in [2.24, 2.45) is 5.92 Å². The molecule has 1 aliphatic rings. The molecule has 1 aromatic carbocycles. The number of hydrogen-bond acceptors (Lipinski definition) is 2.